The molecule has 2 N–H and O–H groups in total. The number of anilines is 1. The van der Waals surface area contributed by atoms with Gasteiger partial charge in [0, 0.05) is 25.4 Å². The van der Waals surface area contributed by atoms with Crippen LogP contribution in [-0.4, -0.2) is 53.4 Å². The van der Waals surface area contributed by atoms with Crippen molar-refractivity contribution in [1.82, 2.24) is 20.3 Å². The summed E-state index contributed by atoms with van der Waals surface area (Å²) in [4.78, 5) is 37.6. The van der Waals surface area contributed by atoms with Gasteiger partial charge >= 0.3 is 0 Å². The standard InChI is InChI=1S/C25H25N5O5S/c31-21(24-29-19-10-4-5-12-22(19)35-24)11-6-13-26-23(32)20(30-25-27-14-7-15-28-25)17-36(33,34)16-18-8-2-1-3-9-18/h1-5,7-10,12,14-15,20H,6,11,13,16-17H2,(H,26,32)(H,27,28,30). The first-order valence-corrected chi connectivity index (χ1v) is 13.2. The Hall–Kier alpha value is -4.12. The van der Waals surface area contributed by atoms with Gasteiger partial charge in [-0.3, -0.25) is 9.59 Å². The van der Waals surface area contributed by atoms with Crippen LogP contribution in [0.3, 0.4) is 0 Å². The number of aromatic nitrogens is 3. The Morgan fingerprint density at radius 1 is 0.944 bits per heavy atom. The molecule has 0 saturated heterocycles. The molecule has 0 spiro atoms. The minimum Gasteiger partial charge on any atom is -0.434 e. The fourth-order valence-electron chi connectivity index (χ4n) is 3.54. The van der Waals surface area contributed by atoms with Crippen molar-refractivity contribution in [3.05, 3.63) is 84.5 Å². The molecule has 0 radical (unpaired) electrons. The monoisotopic (exact) mass is 507 g/mol. The molecule has 4 rings (SSSR count). The van der Waals surface area contributed by atoms with Crippen molar-refractivity contribution in [2.45, 2.75) is 24.6 Å². The first kappa shape index (κ1) is 25.0. The molecular formula is C25H25N5O5S. The van der Waals surface area contributed by atoms with Crippen LogP contribution in [0.1, 0.15) is 29.1 Å². The van der Waals surface area contributed by atoms with Gasteiger partial charge in [-0.05, 0) is 30.2 Å². The number of para-hydroxylation sites is 2. The van der Waals surface area contributed by atoms with E-state index in [2.05, 4.69) is 25.6 Å². The van der Waals surface area contributed by atoms with E-state index in [0.29, 0.717) is 23.1 Å². The Kier molecular flexibility index (Phi) is 8.01. The number of oxazole rings is 1. The second-order valence-electron chi connectivity index (χ2n) is 8.11. The van der Waals surface area contributed by atoms with Crippen molar-refractivity contribution >= 4 is 38.6 Å². The lowest BCUT2D eigenvalue weighted by Gasteiger charge is -2.18. The van der Waals surface area contributed by atoms with Crippen LogP contribution < -0.4 is 10.6 Å². The summed E-state index contributed by atoms with van der Waals surface area (Å²) in [5, 5.41) is 5.50. The van der Waals surface area contributed by atoms with Crippen LogP contribution in [-0.2, 0) is 20.4 Å². The quantitative estimate of drug-likeness (QED) is 0.218. The van der Waals surface area contributed by atoms with Crippen molar-refractivity contribution in [2.75, 3.05) is 17.6 Å². The van der Waals surface area contributed by atoms with Crippen molar-refractivity contribution < 1.29 is 22.4 Å². The Morgan fingerprint density at radius 2 is 1.67 bits per heavy atom. The molecule has 36 heavy (non-hydrogen) atoms. The molecule has 0 fully saturated rings. The van der Waals surface area contributed by atoms with Gasteiger partial charge in [0.15, 0.2) is 15.4 Å². The summed E-state index contributed by atoms with van der Waals surface area (Å²) >= 11 is 0. The van der Waals surface area contributed by atoms with Crippen molar-refractivity contribution in [3.63, 3.8) is 0 Å². The summed E-state index contributed by atoms with van der Waals surface area (Å²) < 4.78 is 31.1. The topological polar surface area (TPSA) is 144 Å². The highest BCUT2D eigenvalue weighted by Gasteiger charge is 2.26. The van der Waals surface area contributed by atoms with Crippen molar-refractivity contribution in [2.24, 2.45) is 0 Å². The van der Waals surface area contributed by atoms with Crippen LogP contribution in [0, 0.1) is 0 Å². The number of nitrogens with zero attached hydrogens (tertiary/aromatic N) is 3. The third-order valence-corrected chi connectivity index (χ3v) is 6.86. The summed E-state index contributed by atoms with van der Waals surface area (Å²) in [5.41, 5.74) is 1.76. The summed E-state index contributed by atoms with van der Waals surface area (Å²) in [5.74, 6) is -1.30. The number of hydrogen-bond acceptors (Lipinski definition) is 9. The average molecular weight is 508 g/mol. The maximum Gasteiger partial charge on any atom is 0.264 e. The van der Waals surface area contributed by atoms with E-state index < -0.39 is 27.5 Å². The van der Waals surface area contributed by atoms with Crippen molar-refractivity contribution in [1.29, 1.82) is 0 Å². The van der Waals surface area contributed by atoms with E-state index in [1.165, 1.54) is 12.4 Å². The number of carbonyl (C=O) groups is 2. The van der Waals surface area contributed by atoms with Crippen LogP contribution in [0.4, 0.5) is 5.95 Å². The highest BCUT2D eigenvalue weighted by atomic mass is 32.2. The van der Waals surface area contributed by atoms with Crippen LogP contribution in [0.5, 0.6) is 0 Å². The van der Waals surface area contributed by atoms with Crippen LogP contribution in [0.25, 0.3) is 11.1 Å². The predicted octanol–water partition coefficient (Wildman–Crippen LogP) is 2.79. The molecule has 4 aromatic rings. The van der Waals surface area contributed by atoms with E-state index in [1.807, 2.05) is 0 Å². The molecule has 2 heterocycles. The zero-order valence-corrected chi connectivity index (χ0v) is 20.1. The smallest absolute Gasteiger partial charge is 0.264 e. The zero-order chi connectivity index (χ0) is 25.4. The van der Waals surface area contributed by atoms with E-state index in [-0.39, 0.29) is 36.3 Å². The number of carbonyl (C=O) groups excluding carboxylic acids is 2. The first-order chi connectivity index (χ1) is 17.4. The van der Waals surface area contributed by atoms with E-state index in [9.17, 15) is 18.0 Å². The molecule has 2 aromatic carbocycles. The van der Waals surface area contributed by atoms with Gasteiger partial charge in [-0.1, -0.05) is 42.5 Å². The molecular weight excluding hydrogens is 482 g/mol. The third-order valence-electron chi connectivity index (χ3n) is 5.25. The van der Waals surface area contributed by atoms with Crippen LogP contribution >= 0.6 is 0 Å². The normalized spacial score (nSPS) is 12.2. The summed E-state index contributed by atoms with van der Waals surface area (Å²) in [6.45, 7) is 0.164. The lowest BCUT2D eigenvalue weighted by Crippen LogP contribution is -2.45. The molecule has 1 atom stereocenters. The lowest BCUT2D eigenvalue weighted by atomic mass is 10.2. The number of benzene rings is 2. The van der Waals surface area contributed by atoms with Gasteiger partial charge in [0.2, 0.25) is 17.6 Å². The molecule has 186 valence electrons. The molecule has 0 saturated carbocycles. The maximum absolute atomic E-state index is 12.9. The number of ketones is 1. The molecule has 0 aliphatic rings. The van der Waals surface area contributed by atoms with Crippen LogP contribution in [0.2, 0.25) is 0 Å². The molecule has 1 amide bonds. The van der Waals surface area contributed by atoms with E-state index in [4.69, 9.17) is 4.42 Å². The fraction of sp³-hybridized carbons (Fsp3) is 0.240. The fourth-order valence-corrected chi connectivity index (χ4v) is 5.10. The van der Waals surface area contributed by atoms with Crippen LogP contribution in [0.15, 0.2) is 77.5 Å². The predicted molar refractivity (Wildman–Crippen MR) is 134 cm³/mol. The molecule has 0 aliphatic carbocycles. The number of nitrogens with one attached hydrogen (secondary N) is 2. The van der Waals surface area contributed by atoms with Gasteiger partial charge in [-0.2, -0.15) is 0 Å². The zero-order valence-electron chi connectivity index (χ0n) is 19.3. The highest BCUT2D eigenvalue weighted by Crippen LogP contribution is 2.16. The number of fused-ring (bicyclic) bond motifs is 1. The van der Waals surface area contributed by atoms with E-state index >= 15 is 0 Å². The maximum atomic E-state index is 12.9. The lowest BCUT2D eigenvalue weighted by molar-refractivity contribution is -0.121. The molecule has 0 bridgehead atoms. The number of Topliss-reactive ketones (excluding diaryl/α,β-unsaturated/α-hetero) is 1. The van der Waals surface area contributed by atoms with Gasteiger partial charge in [0.05, 0.1) is 11.5 Å². The third kappa shape index (κ3) is 6.95. The first-order valence-electron chi connectivity index (χ1n) is 11.3. The Balaban J connectivity index is 1.34. The second kappa shape index (κ2) is 11.5. The second-order valence-corrected chi connectivity index (χ2v) is 10.2. The van der Waals surface area contributed by atoms with Gasteiger partial charge in [-0.15, -0.1) is 0 Å². The highest BCUT2D eigenvalue weighted by molar-refractivity contribution is 7.90. The Labute approximate surface area is 208 Å². The molecule has 11 heteroatoms. The van der Waals surface area contributed by atoms with Gasteiger partial charge in [-0.25, -0.2) is 23.4 Å². The number of amides is 1. The molecule has 0 aliphatic heterocycles. The summed E-state index contributed by atoms with van der Waals surface area (Å²) in [7, 11) is -3.65. The van der Waals surface area contributed by atoms with Gasteiger partial charge in [0.1, 0.15) is 11.6 Å². The van der Waals surface area contributed by atoms with E-state index in [0.717, 1.165) is 0 Å². The minimum absolute atomic E-state index is 0.0234. The average Bonchev–Trinajstić information content (AvgIpc) is 3.31. The Morgan fingerprint density at radius 3 is 2.42 bits per heavy atom. The van der Waals surface area contributed by atoms with Gasteiger partial charge < -0.3 is 15.1 Å². The SMILES string of the molecule is O=C(CCCNC(=O)C(CS(=O)(=O)Cc1ccccc1)Nc1ncccn1)c1nc2ccccc2o1. The summed E-state index contributed by atoms with van der Waals surface area (Å²) in [6, 6.07) is 16.3. The van der Waals surface area contributed by atoms with Gasteiger partial charge in [0.25, 0.3) is 5.89 Å². The molecule has 2 aromatic heterocycles. The molecule has 1 unspecified atom stereocenters. The number of sulfone groups is 1. The number of hydrogen-bond donors (Lipinski definition) is 2. The van der Waals surface area contributed by atoms with E-state index in [1.54, 1.807) is 60.7 Å². The summed E-state index contributed by atoms with van der Waals surface area (Å²) in [6.07, 6.45) is 3.41. The molecule has 10 nitrogen and oxygen atoms in total. The van der Waals surface area contributed by atoms with Crippen molar-refractivity contribution in [3.8, 4) is 0 Å². The minimum atomic E-state index is -3.65. The number of rotatable bonds is 12. The Bertz CT molecular complexity index is 1390. The largest absolute Gasteiger partial charge is 0.434 e.